The quantitative estimate of drug-likeness (QED) is 0.428. The Morgan fingerprint density at radius 1 is 1.73 bits per heavy atom. The van der Waals surface area contributed by atoms with Gasteiger partial charge in [-0.25, -0.2) is 0 Å². The molecule has 0 spiro atoms. The molecule has 82 valence electrons. The van der Waals surface area contributed by atoms with Gasteiger partial charge in [0, 0.05) is 0 Å². The van der Waals surface area contributed by atoms with Crippen LogP contribution >= 0.6 is 12.2 Å². The number of nitrogens with one attached hydrogen (secondary N) is 1. The van der Waals surface area contributed by atoms with E-state index >= 15 is 0 Å². The highest BCUT2D eigenvalue weighted by molar-refractivity contribution is 7.80. The average Bonchev–Trinajstić information content (AvgIpc) is 2.16. The zero-order valence-electron chi connectivity index (χ0n) is 9.21. The Balaban J connectivity index is 2.75. The second-order valence-corrected chi connectivity index (χ2v) is 4.34. The normalized spacial score (nSPS) is 23.5. The van der Waals surface area contributed by atoms with Crippen LogP contribution < -0.4 is 11.2 Å². The van der Waals surface area contributed by atoms with Gasteiger partial charge in [0.15, 0.2) is 5.11 Å². The van der Waals surface area contributed by atoms with Crippen molar-refractivity contribution in [3.63, 3.8) is 0 Å². The molecule has 3 N–H and O–H groups in total. The van der Waals surface area contributed by atoms with E-state index in [2.05, 4.69) is 37.0 Å². The molecule has 1 aliphatic carbocycles. The molecule has 0 fully saturated rings. The fourth-order valence-corrected chi connectivity index (χ4v) is 1.59. The van der Waals surface area contributed by atoms with Crippen molar-refractivity contribution >= 4 is 23.0 Å². The predicted molar refractivity (Wildman–Crippen MR) is 68.7 cm³/mol. The van der Waals surface area contributed by atoms with Crippen LogP contribution in [0.15, 0.2) is 28.9 Å². The number of hydrazone groups is 1. The maximum atomic E-state index is 5.33. The number of hydrogen-bond donors (Lipinski definition) is 2. The minimum absolute atomic E-state index is 0.202. The molecule has 0 aliphatic heterocycles. The van der Waals surface area contributed by atoms with Gasteiger partial charge in [0.25, 0.3) is 0 Å². The lowest BCUT2D eigenvalue weighted by atomic mass is 9.85. The monoisotopic (exact) mass is 223 g/mol. The van der Waals surface area contributed by atoms with Crippen LogP contribution in [0.5, 0.6) is 0 Å². The van der Waals surface area contributed by atoms with Crippen molar-refractivity contribution in [1.29, 1.82) is 0 Å². The summed E-state index contributed by atoms with van der Waals surface area (Å²) in [4.78, 5) is 0. The van der Waals surface area contributed by atoms with Gasteiger partial charge in [-0.1, -0.05) is 18.2 Å². The molecule has 1 aliphatic rings. The largest absolute Gasteiger partial charge is 0.375 e. The van der Waals surface area contributed by atoms with Crippen LogP contribution in [-0.2, 0) is 0 Å². The zero-order valence-corrected chi connectivity index (χ0v) is 10.0. The van der Waals surface area contributed by atoms with Crippen molar-refractivity contribution in [2.24, 2.45) is 16.8 Å². The summed E-state index contributed by atoms with van der Waals surface area (Å²) in [5.41, 5.74) is 11.4. The van der Waals surface area contributed by atoms with Gasteiger partial charge in [-0.05, 0) is 50.4 Å². The summed E-state index contributed by atoms with van der Waals surface area (Å²) in [6, 6.07) is 0. The van der Waals surface area contributed by atoms with E-state index in [4.69, 9.17) is 18.0 Å². The van der Waals surface area contributed by atoms with Crippen molar-refractivity contribution in [2.45, 2.75) is 26.7 Å². The highest BCUT2D eigenvalue weighted by Gasteiger charge is 2.18. The lowest BCUT2D eigenvalue weighted by molar-refractivity contribution is 0.637. The van der Waals surface area contributed by atoms with E-state index in [1.54, 1.807) is 0 Å². The molecule has 15 heavy (non-hydrogen) atoms. The minimum atomic E-state index is 0.202. The number of rotatable bonds is 2. The van der Waals surface area contributed by atoms with Crippen LogP contribution in [-0.4, -0.2) is 10.8 Å². The molecule has 0 heterocycles. The van der Waals surface area contributed by atoms with Gasteiger partial charge in [0.05, 0.1) is 5.71 Å². The van der Waals surface area contributed by atoms with E-state index in [1.165, 1.54) is 11.1 Å². The summed E-state index contributed by atoms with van der Waals surface area (Å²) in [5.74, 6) is 0.487. The summed E-state index contributed by atoms with van der Waals surface area (Å²) >= 11 is 4.71. The molecule has 0 saturated carbocycles. The second-order valence-electron chi connectivity index (χ2n) is 3.90. The second kappa shape index (κ2) is 5.07. The van der Waals surface area contributed by atoms with Gasteiger partial charge in [0.2, 0.25) is 0 Å². The Morgan fingerprint density at radius 2 is 2.40 bits per heavy atom. The Bertz CT molecular complexity index is 342. The van der Waals surface area contributed by atoms with E-state index in [0.717, 1.165) is 18.6 Å². The Hall–Kier alpha value is -1.16. The van der Waals surface area contributed by atoms with Gasteiger partial charge in [0.1, 0.15) is 0 Å². The van der Waals surface area contributed by atoms with Gasteiger partial charge >= 0.3 is 0 Å². The number of thiocarbonyl (C=S) groups is 1. The predicted octanol–water partition coefficient (Wildman–Crippen LogP) is 2.11. The zero-order chi connectivity index (χ0) is 11.4. The molecule has 0 aromatic carbocycles. The molecule has 1 rings (SSSR count). The molecule has 1 unspecified atom stereocenters. The van der Waals surface area contributed by atoms with Gasteiger partial charge < -0.3 is 5.73 Å². The van der Waals surface area contributed by atoms with Gasteiger partial charge in [-0.3, -0.25) is 5.43 Å². The molecule has 0 bridgehead atoms. The van der Waals surface area contributed by atoms with Crippen molar-refractivity contribution in [2.75, 3.05) is 0 Å². The van der Waals surface area contributed by atoms with Crippen LogP contribution in [0.4, 0.5) is 0 Å². The molecule has 1 atom stereocenters. The molecule has 3 nitrogen and oxygen atoms in total. The van der Waals surface area contributed by atoms with E-state index in [1.807, 2.05) is 0 Å². The standard InChI is InChI=1S/C11H17N3S/c1-7(2)9-5-4-8(3)10(6-9)13-14-11(12)15/h4,9H,1,5-6H2,2-3H3,(H3,12,14,15)/b13-10+. The number of allylic oxidation sites excluding steroid dienone is 3. The maximum Gasteiger partial charge on any atom is 0.184 e. The first-order chi connectivity index (χ1) is 7.00. The van der Waals surface area contributed by atoms with E-state index in [0.29, 0.717) is 5.92 Å². The molecule has 4 heteroatoms. The van der Waals surface area contributed by atoms with Crippen molar-refractivity contribution < 1.29 is 0 Å². The fourth-order valence-electron chi connectivity index (χ4n) is 1.55. The molecular formula is C11H17N3S. The molecule has 0 amide bonds. The maximum absolute atomic E-state index is 5.33. The van der Waals surface area contributed by atoms with Crippen molar-refractivity contribution in [3.05, 3.63) is 23.8 Å². The first kappa shape index (κ1) is 11.9. The molecule has 0 aromatic rings. The van der Waals surface area contributed by atoms with Crippen LogP contribution in [0.1, 0.15) is 26.7 Å². The van der Waals surface area contributed by atoms with Crippen LogP contribution in [0.3, 0.4) is 0 Å². The Labute approximate surface area is 96.1 Å². The van der Waals surface area contributed by atoms with E-state index in [9.17, 15) is 0 Å². The first-order valence-corrected chi connectivity index (χ1v) is 5.36. The van der Waals surface area contributed by atoms with E-state index < -0.39 is 0 Å². The topological polar surface area (TPSA) is 50.4 Å². The van der Waals surface area contributed by atoms with Gasteiger partial charge in [-0.15, -0.1) is 0 Å². The third kappa shape index (κ3) is 3.47. The Morgan fingerprint density at radius 3 is 2.93 bits per heavy atom. The third-order valence-corrected chi connectivity index (χ3v) is 2.69. The SMILES string of the molecule is C=C(C)C1CC=C(C)/C(=N/NC(N)=S)C1. The summed E-state index contributed by atoms with van der Waals surface area (Å²) in [5, 5.41) is 4.39. The minimum Gasteiger partial charge on any atom is -0.375 e. The summed E-state index contributed by atoms with van der Waals surface area (Å²) in [6.07, 6.45) is 4.14. The van der Waals surface area contributed by atoms with Crippen LogP contribution in [0.2, 0.25) is 0 Å². The summed E-state index contributed by atoms with van der Waals surface area (Å²) < 4.78 is 0. The highest BCUT2D eigenvalue weighted by Crippen LogP contribution is 2.26. The Kier molecular flexibility index (Phi) is 4.03. The number of hydrogen-bond acceptors (Lipinski definition) is 2. The van der Waals surface area contributed by atoms with Crippen LogP contribution in [0.25, 0.3) is 0 Å². The first-order valence-electron chi connectivity index (χ1n) is 4.95. The lowest BCUT2D eigenvalue weighted by Gasteiger charge is -2.22. The highest BCUT2D eigenvalue weighted by atomic mass is 32.1. The molecular weight excluding hydrogens is 206 g/mol. The summed E-state index contributed by atoms with van der Waals surface area (Å²) in [6.45, 7) is 8.08. The van der Waals surface area contributed by atoms with Crippen molar-refractivity contribution in [1.82, 2.24) is 5.43 Å². The van der Waals surface area contributed by atoms with Crippen LogP contribution in [0, 0.1) is 5.92 Å². The summed E-state index contributed by atoms with van der Waals surface area (Å²) in [7, 11) is 0. The smallest absolute Gasteiger partial charge is 0.184 e. The molecule has 0 radical (unpaired) electrons. The number of nitrogens with two attached hydrogens (primary N) is 1. The average molecular weight is 223 g/mol. The lowest BCUT2D eigenvalue weighted by Crippen LogP contribution is -2.27. The fraction of sp³-hybridized carbons (Fsp3) is 0.455. The van der Waals surface area contributed by atoms with Gasteiger partial charge in [-0.2, -0.15) is 5.10 Å². The third-order valence-electron chi connectivity index (χ3n) is 2.60. The van der Waals surface area contributed by atoms with E-state index in [-0.39, 0.29) is 5.11 Å². The molecule has 0 aromatic heterocycles. The van der Waals surface area contributed by atoms with Crippen molar-refractivity contribution in [3.8, 4) is 0 Å². The molecule has 0 saturated heterocycles. The number of nitrogens with zero attached hydrogens (tertiary/aromatic N) is 1.